The molecule has 1 fully saturated rings. The maximum Gasteiger partial charge on any atom is 0.226 e. The number of aromatic amines is 1. The minimum absolute atomic E-state index is 0.0765. The van der Waals surface area contributed by atoms with Gasteiger partial charge in [0.05, 0.1) is 18.2 Å². The molecule has 1 aliphatic heterocycles. The second-order valence-corrected chi connectivity index (χ2v) is 9.08. The number of rotatable bonds is 4. The molecule has 1 aliphatic carbocycles. The zero-order valence-corrected chi connectivity index (χ0v) is 18.2. The fourth-order valence-corrected chi connectivity index (χ4v) is 5.39. The van der Waals surface area contributed by atoms with Crippen molar-refractivity contribution in [1.29, 1.82) is 0 Å². The highest BCUT2D eigenvalue weighted by atomic mass is 35.5. The maximum atomic E-state index is 13.2. The molecule has 3 heterocycles. The van der Waals surface area contributed by atoms with E-state index in [1.165, 1.54) is 5.69 Å². The zero-order chi connectivity index (χ0) is 20.8. The third-order valence-corrected chi connectivity index (χ3v) is 7.06. The number of likely N-dealkylation sites (tertiary alicyclic amines) is 1. The van der Waals surface area contributed by atoms with Crippen LogP contribution in [0.4, 0.5) is 0 Å². The molecule has 2 atom stereocenters. The van der Waals surface area contributed by atoms with E-state index < -0.39 is 0 Å². The van der Waals surface area contributed by atoms with E-state index in [1.807, 2.05) is 25.4 Å². The first-order chi connectivity index (χ1) is 14.5. The van der Waals surface area contributed by atoms with Crippen molar-refractivity contribution < 1.29 is 4.79 Å². The molecular formula is C22H23Cl2N5O. The van der Waals surface area contributed by atoms with E-state index in [-0.39, 0.29) is 17.9 Å². The van der Waals surface area contributed by atoms with E-state index >= 15 is 0 Å². The number of fused-ring (bicyclic) bond motifs is 1. The minimum Gasteiger partial charge on any atom is -0.348 e. The van der Waals surface area contributed by atoms with Crippen LogP contribution >= 0.6 is 23.2 Å². The number of aryl methyl sites for hydroxylation is 2. The summed E-state index contributed by atoms with van der Waals surface area (Å²) in [6, 6.07) is 4.07. The summed E-state index contributed by atoms with van der Waals surface area (Å²) >= 11 is 13.2. The van der Waals surface area contributed by atoms with Crippen molar-refractivity contribution in [2.75, 3.05) is 6.54 Å². The molecule has 1 amide bonds. The summed E-state index contributed by atoms with van der Waals surface area (Å²) in [6.07, 6.45) is 9.62. The number of nitrogens with zero attached hydrogens (tertiary/aromatic N) is 4. The highest BCUT2D eigenvalue weighted by molar-refractivity contribution is 6.36. The van der Waals surface area contributed by atoms with Gasteiger partial charge in [-0.3, -0.25) is 9.48 Å². The molecule has 6 nitrogen and oxygen atoms in total. The largest absolute Gasteiger partial charge is 0.348 e. The molecule has 2 unspecified atom stereocenters. The minimum atomic E-state index is -0.0765. The van der Waals surface area contributed by atoms with Gasteiger partial charge in [0.25, 0.3) is 0 Å². The number of carbonyl (C=O) groups is 1. The van der Waals surface area contributed by atoms with Crippen LogP contribution in [0.25, 0.3) is 11.1 Å². The van der Waals surface area contributed by atoms with Crippen LogP contribution in [0.5, 0.6) is 0 Å². The first-order valence-electron chi connectivity index (χ1n) is 10.3. The molecule has 30 heavy (non-hydrogen) atoms. The number of benzene rings is 1. The van der Waals surface area contributed by atoms with Gasteiger partial charge in [0.1, 0.15) is 0 Å². The molecule has 1 aromatic carbocycles. The molecule has 8 heteroatoms. The third-order valence-electron chi connectivity index (χ3n) is 6.38. The summed E-state index contributed by atoms with van der Waals surface area (Å²) in [7, 11) is 1.87. The molecule has 5 rings (SSSR count). The number of imidazole rings is 1. The van der Waals surface area contributed by atoms with Crippen molar-refractivity contribution in [3.05, 3.63) is 57.9 Å². The lowest BCUT2D eigenvalue weighted by Gasteiger charge is -2.31. The highest BCUT2D eigenvalue weighted by Gasteiger charge is 2.38. The third kappa shape index (κ3) is 3.52. The average Bonchev–Trinajstić information content (AvgIpc) is 3.44. The predicted octanol–water partition coefficient (Wildman–Crippen LogP) is 4.07. The van der Waals surface area contributed by atoms with Crippen molar-refractivity contribution >= 4 is 29.1 Å². The number of nitrogens with one attached hydrogen (secondary N) is 1. The molecule has 0 spiro atoms. The molecule has 0 radical (unpaired) electrons. The first kappa shape index (κ1) is 19.6. The predicted molar refractivity (Wildman–Crippen MR) is 117 cm³/mol. The number of amides is 1. The first-order valence-corrected chi connectivity index (χ1v) is 11.0. The number of aromatic nitrogens is 4. The quantitative estimate of drug-likeness (QED) is 0.660. The van der Waals surface area contributed by atoms with Gasteiger partial charge in [-0.1, -0.05) is 23.2 Å². The number of carbonyl (C=O) groups excluding carboxylic acids is 1. The fourth-order valence-electron chi connectivity index (χ4n) is 4.74. The summed E-state index contributed by atoms with van der Waals surface area (Å²) in [4.78, 5) is 22.8. The molecule has 1 N–H and O–H groups in total. The van der Waals surface area contributed by atoms with Gasteiger partial charge in [0.15, 0.2) is 0 Å². The normalized spacial score (nSPS) is 21.3. The number of hydrogen-bond donors (Lipinski definition) is 1. The Morgan fingerprint density at radius 3 is 2.73 bits per heavy atom. The highest BCUT2D eigenvalue weighted by Crippen LogP contribution is 2.36. The van der Waals surface area contributed by atoms with Crippen molar-refractivity contribution in [1.82, 2.24) is 24.6 Å². The summed E-state index contributed by atoms with van der Waals surface area (Å²) in [6.45, 7) is 0.792. The van der Waals surface area contributed by atoms with Crippen LogP contribution in [0.15, 0.2) is 30.9 Å². The molecule has 2 aromatic heterocycles. The number of H-pyrrole nitrogens is 1. The van der Waals surface area contributed by atoms with Crippen LogP contribution in [0.1, 0.15) is 29.8 Å². The molecule has 156 valence electrons. The van der Waals surface area contributed by atoms with Gasteiger partial charge in [-0.25, -0.2) is 4.98 Å². The summed E-state index contributed by atoms with van der Waals surface area (Å²) in [5.74, 6) is 0.138. The second-order valence-electron chi connectivity index (χ2n) is 8.27. The number of halogens is 2. The van der Waals surface area contributed by atoms with Crippen LogP contribution in [-0.2, 0) is 31.1 Å². The molecule has 0 saturated carbocycles. The lowest BCUT2D eigenvalue weighted by atomic mass is 9.94. The Balaban J connectivity index is 1.31. The zero-order valence-electron chi connectivity index (χ0n) is 16.7. The Labute approximate surface area is 185 Å². The molecule has 1 saturated heterocycles. The van der Waals surface area contributed by atoms with Crippen molar-refractivity contribution in [3.63, 3.8) is 0 Å². The topological polar surface area (TPSA) is 66.8 Å². The summed E-state index contributed by atoms with van der Waals surface area (Å²) in [5, 5.41) is 5.41. The average molecular weight is 444 g/mol. The van der Waals surface area contributed by atoms with Gasteiger partial charge >= 0.3 is 0 Å². The Bertz CT molecular complexity index is 1080. The van der Waals surface area contributed by atoms with Crippen LogP contribution < -0.4 is 0 Å². The lowest BCUT2D eigenvalue weighted by molar-refractivity contribution is -0.133. The molecule has 0 bridgehead atoms. The van der Waals surface area contributed by atoms with Gasteiger partial charge in [-0.05, 0) is 48.9 Å². The van der Waals surface area contributed by atoms with E-state index in [0.717, 1.165) is 54.6 Å². The van der Waals surface area contributed by atoms with Crippen LogP contribution in [0, 0.1) is 5.92 Å². The standard InChI is InChI=1S/C22H23Cl2N5O/c1-28-11-15(10-27-28)14-7-18(23)17(19(24)8-14)6-13-4-5-29(22(13)30)16-2-3-20-21(9-16)26-12-25-20/h7-8,10-13,16H,2-6,9H2,1H3,(H,25,26). The molecule has 3 aromatic rings. The second kappa shape index (κ2) is 7.75. The Hall–Kier alpha value is -2.31. The number of hydrogen-bond acceptors (Lipinski definition) is 3. The van der Waals surface area contributed by atoms with Crippen molar-refractivity contribution in [2.24, 2.45) is 13.0 Å². The van der Waals surface area contributed by atoms with Gasteiger partial charge in [-0.2, -0.15) is 5.10 Å². The monoisotopic (exact) mass is 443 g/mol. The van der Waals surface area contributed by atoms with Gasteiger partial charge in [0.2, 0.25) is 5.91 Å². The van der Waals surface area contributed by atoms with E-state index in [1.54, 1.807) is 17.2 Å². The van der Waals surface area contributed by atoms with Gasteiger partial charge < -0.3 is 9.88 Å². The Morgan fingerprint density at radius 2 is 2.00 bits per heavy atom. The van der Waals surface area contributed by atoms with Crippen LogP contribution in [0.3, 0.4) is 0 Å². The fraction of sp³-hybridized carbons (Fsp3) is 0.409. The van der Waals surface area contributed by atoms with Gasteiger partial charge in [0, 0.05) is 59.5 Å². The smallest absolute Gasteiger partial charge is 0.226 e. The maximum absolute atomic E-state index is 13.2. The summed E-state index contributed by atoms with van der Waals surface area (Å²) < 4.78 is 1.74. The Kier molecular flexibility index (Phi) is 5.07. The molecular weight excluding hydrogens is 421 g/mol. The lowest BCUT2D eigenvalue weighted by Crippen LogP contribution is -2.41. The SMILES string of the molecule is Cn1cc(-c2cc(Cl)c(CC3CCN(C4CCc5nc[nH]c5C4)C3=O)c(Cl)c2)cn1. The van der Waals surface area contributed by atoms with Crippen LogP contribution in [0.2, 0.25) is 10.0 Å². The molecule has 2 aliphatic rings. The Morgan fingerprint density at radius 1 is 1.20 bits per heavy atom. The van der Waals surface area contributed by atoms with E-state index in [4.69, 9.17) is 23.2 Å². The van der Waals surface area contributed by atoms with Crippen molar-refractivity contribution in [3.8, 4) is 11.1 Å². The van der Waals surface area contributed by atoms with Gasteiger partial charge in [-0.15, -0.1) is 0 Å². The van der Waals surface area contributed by atoms with Crippen molar-refractivity contribution in [2.45, 2.75) is 38.1 Å². The van der Waals surface area contributed by atoms with E-state index in [0.29, 0.717) is 16.5 Å². The van der Waals surface area contributed by atoms with Crippen LogP contribution in [-0.4, -0.2) is 43.1 Å². The van der Waals surface area contributed by atoms with E-state index in [9.17, 15) is 4.79 Å². The summed E-state index contributed by atoms with van der Waals surface area (Å²) in [5.41, 5.74) is 5.05. The van der Waals surface area contributed by atoms with E-state index in [2.05, 4.69) is 20.0 Å².